The second-order valence-electron chi connectivity index (χ2n) is 5.72. The van der Waals surface area contributed by atoms with E-state index in [0.717, 1.165) is 25.7 Å². The van der Waals surface area contributed by atoms with E-state index in [0.29, 0.717) is 13.0 Å². The maximum absolute atomic E-state index is 11.8. The fourth-order valence-electron chi connectivity index (χ4n) is 2.86. The average Bonchev–Trinajstić information content (AvgIpc) is 3.17. The first-order valence-corrected chi connectivity index (χ1v) is 6.69. The van der Waals surface area contributed by atoms with Gasteiger partial charge in [-0.15, -0.1) is 0 Å². The number of carboxylic acid groups (broad SMARTS) is 1. The number of carbonyl (C=O) groups is 2. The molecule has 2 aliphatic rings. The number of hydrogen-bond acceptors (Lipinski definition) is 3. The molecule has 2 atom stereocenters. The molecule has 0 radical (unpaired) electrons. The van der Waals surface area contributed by atoms with Crippen LogP contribution in [0.3, 0.4) is 0 Å². The molecule has 0 bridgehead atoms. The lowest BCUT2D eigenvalue weighted by Gasteiger charge is -2.35. The second kappa shape index (κ2) is 5.26. The summed E-state index contributed by atoms with van der Waals surface area (Å²) in [4.78, 5) is 22.4. The Bertz CT molecular complexity index is 336. The van der Waals surface area contributed by atoms with Crippen LogP contribution in [0.2, 0.25) is 0 Å². The topological polar surface area (TPSA) is 86.6 Å². The number of aliphatic carboxylic acids is 1. The average molecular weight is 255 g/mol. The van der Waals surface area contributed by atoms with Gasteiger partial charge in [0.1, 0.15) is 0 Å². The van der Waals surface area contributed by atoms with E-state index in [9.17, 15) is 14.7 Å². The molecule has 2 rings (SSSR count). The molecule has 102 valence electrons. The summed E-state index contributed by atoms with van der Waals surface area (Å²) < 4.78 is 0. The molecule has 2 saturated carbocycles. The molecule has 2 fully saturated rings. The van der Waals surface area contributed by atoms with Crippen LogP contribution in [-0.4, -0.2) is 35.2 Å². The van der Waals surface area contributed by atoms with Gasteiger partial charge in [0.05, 0.1) is 18.4 Å². The van der Waals surface area contributed by atoms with Gasteiger partial charge < -0.3 is 15.5 Å². The van der Waals surface area contributed by atoms with Crippen molar-refractivity contribution >= 4 is 11.9 Å². The van der Waals surface area contributed by atoms with E-state index in [1.807, 2.05) is 0 Å². The first-order valence-electron chi connectivity index (χ1n) is 6.69. The van der Waals surface area contributed by atoms with Gasteiger partial charge in [-0.1, -0.05) is 19.3 Å². The Hall–Kier alpha value is -1.10. The van der Waals surface area contributed by atoms with Crippen molar-refractivity contribution in [2.24, 2.45) is 17.3 Å². The summed E-state index contributed by atoms with van der Waals surface area (Å²) in [5.41, 5.74) is -0.179. The Morgan fingerprint density at radius 1 is 1.17 bits per heavy atom. The second-order valence-corrected chi connectivity index (χ2v) is 5.72. The highest BCUT2D eigenvalue weighted by Gasteiger charge is 2.48. The predicted molar refractivity (Wildman–Crippen MR) is 64.8 cm³/mol. The standard InChI is InChI=1S/C13H21NO4/c15-8-13(4-2-1-3-5-13)7-14-11(16)9-6-10(9)12(17)18/h9-10,15H,1-8H2,(H,14,16)(H,17,18). The van der Waals surface area contributed by atoms with Crippen LogP contribution < -0.4 is 5.32 Å². The molecule has 0 aromatic rings. The predicted octanol–water partition coefficient (Wildman–Crippen LogP) is 0.766. The van der Waals surface area contributed by atoms with E-state index in [1.54, 1.807) is 0 Å². The number of amides is 1. The molecule has 5 heteroatoms. The lowest BCUT2D eigenvalue weighted by molar-refractivity contribution is -0.140. The smallest absolute Gasteiger partial charge is 0.307 e. The maximum atomic E-state index is 11.8. The molecule has 2 aliphatic carbocycles. The van der Waals surface area contributed by atoms with Gasteiger partial charge in [-0.3, -0.25) is 9.59 Å². The van der Waals surface area contributed by atoms with Crippen LogP contribution in [0.5, 0.6) is 0 Å². The van der Waals surface area contributed by atoms with E-state index < -0.39 is 11.9 Å². The van der Waals surface area contributed by atoms with E-state index in [-0.39, 0.29) is 23.8 Å². The Labute approximate surface area is 107 Å². The van der Waals surface area contributed by atoms with Crippen molar-refractivity contribution in [3.63, 3.8) is 0 Å². The molecule has 0 aromatic carbocycles. The molecular weight excluding hydrogens is 234 g/mol. The molecule has 18 heavy (non-hydrogen) atoms. The van der Waals surface area contributed by atoms with Gasteiger partial charge in [0.2, 0.25) is 5.91 Å². The van der Waals surface area contributed by atoms with Crippen LogP contribution in [0.1, 0.15) is 38.5 Å². The molecule has 0 saturated heterocycles. The minimum Gasteiger partial charge on any atom is -0.481 e. The Kier molecular flexibility index (Phi) is 3.90. The highest BCUT2D eigenvalue weighted by atomic mass is 16.4. The number of carbonyl (C=O) groups excluding carboxylic acids is 1. The van der Waals surface area contributed by atoms with Gasteiger partial charge in [0.15, 0.2) is 0 Å². The monoisotopic (exact) mass is 255 g/mol. The zero-order chi connectivity index (χ0) is 13.2. The lowest BCUT2D eigenvalue weighted by atomic mass is 9.74. The van der Waals surface area contributed by atoms with Gasteiger partial charge in [-0.25, -0.2) is 0 Å². The SMILES string of the molecule is O=C(O)C1CC1C(=O)NCC1(CO)CCCCC1. The van der Waals surface area contributed by atoms with E-state index in [2.05, 4.69) is 5.32 Å². The van der Waals surface area contributed by atoms with Gasteiger partial charge in [-0.05, 0) is 19.3 Å². The molecule has 0 heterocycles. The van der Waals surface area contributed by atoms with Crippen LogP contribution in [-0.2, 0) is 9.59 Å². The highest BCUT2D eigenvalue weighted by Crippen LogP contribution is 2.39. The first kappa shape index (κ1) is 13.3. The van der Waals surface area contributed by atoms with Gasteiger partial charge in [0, 0.05) is 12.0 Å². The van der Waals surface area contributed by atoms with Crippen LogP contribution in [0.25, 0.3) is 0 Å². The third kappa shape index (κ3) is 2.83. The van der Waals surface area contributed by atoms with Crippen LogP contribution in [0.15, 0.2) is 0 Å². The lowest BCUT2D eigenvalue weighted by Crippen LogP contribution is -2.42. The first-order chi connectivity index (χ1) is 8.58. The minimum absolute atomic E-state index is 0.0975. The molecule has 0 spiro atoms. The summed E-state index contributed by atoms with van der Waals surface area (Å²) in [6.07, 6.45) is 5.72. The van der Waals surface area contributed by atoms with Crippen molar-refractivity contribution in [3.8, 4) is 0 Å². The summed E-state index contributed by atoms with van der Waals surface area (Å²) in [7, 11) is 0. The summed E-state index contributed by atoms with van der Waals surface area (Å²) in [6, 6.07) is 0. The highest BCUT2D eigenvalue weighted by molar-refractivity contribution is 5.89. The number of aliphatic hydroxyl groups excluding tert-OH is 1. The minimum atomic E-state index is -0.885. The molecule has 0 aromatic heterocycles. The number of aliphatic hydroxyl groups is 1. The fourth-order valence-corrected chi connectivity index (χ4v) is 2.86. The van der Waals surface area contributed by atoms with Crippen molar-refractivity contribution in [1.29, 1.82) is 0 Å². The Morgan fingerprint density at radius 3 is 2.33 bits per heavy atom. The number of rotatable bonds is 5. The zero-order valence-electron chi connectivity index (χ0n) is 10.5. The van der Waals surface area contributed by atoms with Crippen molar-refractivity contribution in [1.82, 2.24) is 5.32 Å². The van der Waals surface area contributed by atoms with E-state index in [1.165, 1.54) is 6.42 Å². The number of hydrogen-bond donors (Lipinski definition) is 3. The van der Waals surface area contributed by atoms with Crippen molar-refractivity contribution < 1.29 is 19.8 Å². The van der Waals surface area contributed by atoms with Crippen molar-refractivity contribution in [3.05, 3.63) is 0 Å². The number of nitrogens with one attached hydrogen (secondary N) is 1. The van der Waals surface area contributed by atoms with Crippen LogP contribution in [0, 0.1) is 17.3 Å². The van der Waals surface area contributed by atoms with Crippen molar-refractivity contribution in [2.75, 3.05) is 13.2 Å². The molecule has 3 N–H and O–H groups in total. The Morgan fingerprint density at radius 2 is 1.83 bits per heavy atom. The quantitative estimate of drug-likeness (QED) is 0.677. The molecule has 2 unspecified atom stereocenters. The largest absolute Gasteiger partial charge is 0.481 e. The zero-order valence-corrected chi connectivity index (χ0v) is 10.5. The molecule has 0 aliphatic heterocycles. The molecule has 5 nitrogen and oxygen atoms in total. The third-order valence-electron chi connectivity index (χ3n) is 4.33. The molecule has 1 amide bonds. The van der Waals surface area contributed by atoms with Crippen LogP contribution >= 0.6 is 0 Å². The summed E-state index contributed by atoms with van der Waals surface area (Å²) >= 11 is 0. The van der Waals surface area contributed by atoms with E-state index in [4.69, 9.17) is 5.11 Å². The van der Waals surface area contributed by atoms with Gasteiger partial charge in [0.25, 0.3) is 0 Å². The van der Waals surface area contributed by atoms with Gasteiger partial charge >= 0.3 is 5.97 Å². The molecular formula is C13H21NO4. The maximum Gasteiger partial charge on any atom is 0.307 e. The van der Waals surface area contributed by atoms with E-state index >= 15 is 0 Å². The Balaban J connectivity index is 1.80. The van der Waals surface area contributed by atoms with Crippen molar-refractivity contribution in [2.45, 2.75) is 38.5 Å². The van der Waals surface area contributed by atoms with Gasteiger partial charge in [-0.2, -0.15) is 0 Å². The summed E-state index contributed by atoms with van der Waals surface area (Å²) in [6.45, 7) is 0.575. The summed E-state index contributed by atoms with van der Waals surface area (Å²) in [5, 5.41) is 21.1. The number of carboxylic acids is 1. The summed E-state index contributed by atoms with van der Waals surface area (Å²) in [5.74, 6) is -1.91. The fraction of sp³-hybridized carbons (Fsp3) is 0.846. The normalized spacial score (nSPS) is 29.6. The third-order valence-corrected chi connectivity index (χ3v) is 4.33. The van der Waals surface area contributed by atoms with Crippen LogP contribution in [0.4, 0.5) is 0 Å².